The first-order chi connectivity index (χ1) is 11.5. The summed E-state index contributed by atoms with van der Waals surface area (Å²) in [6.45, 7) is 4.86. The van der Waals surface area contributed by atoms with Crippen LogP contribution in [0.4, 0.5) is 9.59 Å². The maximum absolute atomic E-state index is 12.5. The van der Waals surface area contributed by atoms with Gasteiger partial charge in [-0.25, -0.2) is 9.59 Å². The van der Waals surface area contributed by atoms with Gasteiger partial charge in [0.1, 0.15) is 11.9 Å². The molecule has 1 atom stereocenters. The first-order valence-electron chi connectivity index (χ1n) is 8.36. The lowest BCUT2D eigenvalue weighted by Crippen LogP contribution is -2.54. The number of ether oxygens (including phenoxy) is 1. The molecule has 9 heteroatoms. The van der Waals surface area contributed by atoms with E-state index in [0.29, 0.717) is 26.2 Å². The summed E-state index contributed by atoms with van der Waals surface area (Å²) >= 11 is 0. The highest BCUT2D eigenvalue weighted by atomic mass is 16.6. The average Bonchev–Trinajstić information content (AvgIpc) is 3.10. The van der Waals surface area contributed by atoms with Crippen LogP contribution in [-0.4, -0.2) is 69.0 Å². The zero-order valence-corrected chi connectivity index (χ0v) is 14.2. The van der Waals surface area contributed by atoms with Gasteiger partial charge in [0.25, 0.3) is 0 Å². The normalized spacial score (nSPS) is 23.7. The van der Waals surface area contributed by atoms with Crippen LogP contribution in [-0.2, 0) is 17.8 Å². The number of carbonyl (C=O) groups excluding carboxylic acids is 2. The first kappa shape index (κ1) is 16.5. The molecule has 9 nitrogen and oxygen atoms in total. The second-order valence-corrected chi connectivity index (χ2v) is 6.53. The highest BCUT2D eigenvalue weighted by Crippen LogP contribution is 2.31. The molecule has 2 saturated heterocycles. The molecule has 0 radical (unpaired) electrons. The average molecular weight is 336 g/mol. The van der Waals surface area contributed by atoms with Crippen molar-refractivity contribution in [3.8, 4) is 0 Å². The van der Waals surface area contributed by atoms with Crippen molar-refractivity contribution in [1.29, 1.82) is 0 Å². The molecule has 3 heterocycles. The lowest BCUT2D eigenvalue weighted by Gasteiger charge is -2.38. The highest BCUT2D eigenvalue weighted by molar-refractivity contribution is 5.75. The molecule has 3 amide bonds. The van der Waals surface area contributed by atoms with Crippen LogP contribution in [0.5, 0.6) is 0 Å². The SMILES string of the molecule is CCCn1cnnc1CNC(=O)N1CCCC2(CN(C)C(=O)O2)C1. The second-order valence-electron chi connectivity index (χ2n) is 6.53. The van der Waals surface area contributed by atoms with E-state index >= 15 is 0 Å². The summed E-state index contributed by atoms with van der Waals surface area (Å²) in [6, 6.07) is -0.161. The van der Waals surface area contributed by atoms with Gasteiger partial charge in [-0.2, -0.15) is 0 Å². The van der Waals surface area contributed by atoms with Crippen LogP contribution in [0.3, 0.4) is 0 Å². The van der Waals surface area contributed by atoms with E-state index in [1.165, 1.54) is 0 Å². The third kappa shape index (κ3) is 3.29. The summed E-state index contributed by atoms with van der Waals surface area (Å²) in [6.07, 6.45) is 3.95. The van der Waals surface area contributed by atoms with Gasteiger partial charge in [0.2, 0.25) is 0 Å². The second kappa shape index (κ2) is 6.66. The minimum Gasteiger partial charge on any atom is -0.439 e. The molecular formula is C15H24N6O3. The monoisotopic (exact) mass is 336 g/mol. The largest absolute Gasteiger partial charge is 0.439 e. The lowest BCUT2D eigenvalue weighted by atomic mass is 9.93. The molecule has 2 aliphatic heterocycles. The molecule has 1 aromatic rings. The fourth-order valence-electron chi connectivity index (χ4n) is 3.39. The molecule has 1 unspecified atom stereocenters. The number of nitrogens with zero attached hydrogens (tertiary/aromatic N) is 5. The number of piperidine rings is 1. The number of carbonyl (C=O) groups is 2. The summed E-state index contributed by atoms with van der Waals surface area (Å²) in [7, 11) is 1.72. The number of hydrogen-bond donors (Lipinski definition) is 1. The van der Waals surface area contributed by atoms with Gasteiger partial charge < -0.3 is 24.4 Å². The maximum atomic E-state index is 12.5. The van der Waals surface area contributed by atoms with Gasteiger partial charge in [-0.1, -0.05) is 6.92 Å². The summed E-state index contributed by atoms with van der Waals surface area (Å²) in [5.74, 6) is 0.740. The Hall–Kier alpha value is -2.32. The summed E-state index contributed by atoms with van der Waals surface area (Å²) in [5, 5.41) is 10.8. The van der Waals surface area contributed by atoms with E-state index < -0.39 is 5.60 Å². The summed E-state index contributed by atoms with van der Waals surface area (Å²) in [4.78, 5) is 27.4. The molecule has 24 heavy (non-hydrogen) atoms. The Morgan fingerprint density at radius 2 is 2.29 bits per heavy atom. The van der Waals surface area contributed by atoms with Gasteiger partial charge in [0.15, 0.2) is 5.82 Å². The third-order valence-corrected chi connectivity index (χ3v) is 4.53. The Balaban J connectivity index is 1.57. The van der Waals surface area contributed by atoms with Crippen molar-refractivity contribution in [2.45, 2.75) is 44.9 Å². The fraction of sp³-hybridized carbons (Fsp3) is 0.733. The van der Waals surface area contributed by atoms with Crippen LogP contribution in [0.1, 0.15) is 32.0 Å². The van der Waals surface area contributed by atoms with Crippen LogP contribution in [0.2, 0.25) is 0 Å². The van der Waals surface area contributed by atoms with Crippen molar-refractivity contribution in [2.24, 2.45) is 0 Å². The minimum atomic E-state index is -0.566. The number of nitrogens with one attached hydrogen (secondary N) is 1. The molecular weight excluding hydrogens is 312 g/mol. The molecule has 3 rings (SSSR count). The molecule has 0 bridgehead atoms. The zero-order chi connectivity index (χ0) is 17.2. The number of amides is 3. The summed E-state index contributed by atoms with van der Waals surface area (Å²) < 4.78 is 7.46. The zero-order valence-electron chi connectivity index (χ0n) is 14.2. The number of likely N-dealkylation sites (tertiary alicyclic amines) is 1. The standard InChI is InChI=1S/C15H24N6O3/c1-3-6-21-11-17-18-12(21)8-16-13(22)20-7-4-5-15(10-20)9-19(2)14(23)24-15/h11H,3-10H2,1-2H3,(H,16,22). The number of urea groups is 1. The topological polar surface area (TPSA) is 92.6 Å². The van der Waals surface area contributed by atoms with Crippen molar-refractivity contribution in [1.82, 2.24) is 29.9 Å². The van der Waals surface area contributed by atoms with Crippen LogP contribution in [0.15, 0.2) is 6.33 Å². The number of hydrogen-bond acceptors (Lipinski definition) is 5. The lowest BCUT2D eigenvalue weighted by molar-refractivity contribution is 0.00315. The first-order valence-corrected chi connectivity index (χ1v) is 8.36. The van der Waals surface area contributed by atoms with Gasteiger partial charge in [-0.3, -0.25) is 0 Å². The smallest absolute Gasteiger partial charge is 0.410 e. The van der Waals surface area contributed by atoms with Gasteiger partial charge >= 0.3 is 12.1 Å². The molecule has 2 fully saturated rings. The number of aromatic nitrogens is 3. The molecule has 2 aliphatic rings. The predicted molar refractivity (Wildman–Crippen MR) is 85.2 cm³/mol. The number of aryl methyl sites for hydroxylation is 1. The van der Waals surface area contributed by atoms with E-state index in [4.69, 9.17) is 4.74 Å². The molecule has 1 spiro atoms. The molecule has 0 saturated carbocycles. The fourth-order valence-corrected chi connectivity index (χ4v) is 3.39. The van der Waals surface area contributed by atoms with Crippen LogP contribution in [0, 0.1) is 0 Å². The Kier molecular flexibility index (Phi) is 4.59. The van der Waals surface area contributed by atoms with Crippen molar-refractivity contribution < 1.29 is 14.3 Å². The van der Waals surface area contributed by atoms with E-state index in [1.807, 2.05) is 4.57 Å². The summed E-state index contributed by atoms with van der Waals surface area (Å²) in [5.41, 5.74) is -0.566. The van der Waals surface area contributed by atoms with E-state index in [1.54, 1.807) is 23.2 Å². The predicted octanol–water partition coefficient (Wildman–Crippen LogP) is 0.814. The van der Waals surface area contributed by atoms with Crippen molar-refractivity contribution in [2.75, 3.05) is 26.7 Å². The van der Waals surface area contributed by atoms with Gasteiger partial charge in [0, 0.05) is 20.1 Å². The maximum Gasteiger partial charge on any atom is 0.410 e. The van der Waals surface area contributed by atoms with E-state index in [-0.39, 0.29) is 12.1 Å². The van der Waals surface area contributed by atoms with Crippen LogP contribution >= 0.6 is 0 Å². The minimum absolute atomic E-state index is 0.161. The van der Waals surface area contributed by atoms with E-state index in [0.717, 1.165) is 31.6 Å². The molecule has 1 N–H and O–H groups in total. The Morgan fingerprint density at radius 3 is 3.00 bits per heavy atom. The van der Waals surface area contributed by atoms with Crippen LogP contribution < -0.4 is 5.32 Å². The quantitative estimate of drug-likeness (QED) is 0.878. The van der Waals surface area contributed by atoms with Gasteiger partial charge in [-0.15, -0.1) is 10.2 Å². The van der Waals surface area contributed by atoms with E-state index in [2.05, 4.69) is 22.4 Å². The molecule has 1 aromatic heterocycles. The van der Waals surface area contributed by atoms with Gasteiger partial charge in [-0.05, 0) is 19.3 Å². The van der Waals surface area contributed by atoms with E-state index in [9.17, 15) is 9.59 Å². The molecule has 0 aromatic carbocycles. The van der Waals surface area contributed by atoms with Crippen molar-refractivity contribution in [3.63, 3.8) is 0 Å². The number of rotatable bonds is 4. The Morgan fingerprint density at radius 1 is 1.46 bits per heavy atom. The Bertz CT molecular complexity index is 618. The third-order valence-electron chi connectivity index (χ3n) is 4.53. The molecule has 0 aliphatic carbocycles. The van der Waals surface area contributed by atoms with Gasteiger partial charge in [0.05, 0.1) is 19.6 Å². The molecule has 132 valence electrons. The van der Waals surface area contributed by atoms with Crippen molar-refractivity contribution >= 4 is 12.1 Å². The number of likely N-dealkylation sites (N-methyl/N-ethyl adjacent to an activating group) is 1. The Labute approximate surface area is 140 Å². The highest BCUT2D eigenvalue weighted by Gasteiger charge is 2.47. The van der Waals surface area contributed by atoms with Crippen molar-refractivity contribution in [3.05, 3.63) is 12.2 Å². The van der Waals surface area contributed by atoms with Crippen LogP contribution in [0.25, 0.3) is 0 Å².